The topological polar surface area (TPSA) is 75.4 Å². The van der Waals surface area contributed by atoms with Gasteiger partial charge < -0.3 is 16.0 Å². The second-order valence-electron chi connectivity index (χ2n) is 5.59. The van der Waals surface area contributed by atoms with E-state index in [1.807, 2.05) is 55.5 Å². The number of nitrogens with zero attached hydrogens (tertiary/aromatic N) is 1. The van der Waals surface area contributed by atoms with E-state index in [-0.39, 0.29) is 30.8 Å². The molecule has 2 rings (SSSR count). The van der Waals surface area contributed by atoms with Crippen molar-refractivity contribution in [2.45, 2.75) is 13.5 Å². The minimum Gasteiger partial charge on any atom is -0.352 e. The number of likely N-dealkylation sites (N-methyl/N-ethyl adjacent to an activating group) is 1. The molecule has 25 heavy (non-hydrogen) atoms. The summed E-state index contributed by atoms with van der Waals surface area (Å²) in [5.41, 5.74) is 9.13. The van der Waals surface area contributed by atoms with Gasteiger partial charge in [0, 0.05) is 25.7 Å². The molecule has 0 radical (unpaired) electrons. The Kier molecular flexibility index (Phi) is 8.11. The van der Waals surface area contributed by atoms with Crippen molar-refractivity contribution in [2.75, 3.05) is 20.1 Å². The molecule has 0 fully saturated rings. The van der Waals surface area contributed by atoms with Gasteiger partial charge in [-0.3, -0.25) is 9.59 Å². The van der Waals surface area contributed by atoms with E-state index >= 15 is 0 Å². The molecule has 0 aliphatic heterocycles. The lowest BCUT2D eigenvalue weighted by Gasteiger charge is -2.16. The number of hydrogen-bond acceptors (Lipinski definition) is 3. The van der Waals surface area contributed by atoms with E-state index in [1.54, 1.807) is 11.9 Å². The smallest absolute Gasteiger partial charge is 0.251 e. The number of amides is 2. The molecule has 6 heteroatoms. The van der Waals surface area contributed by atoms with Crippen LogP contribution in [0.3, 0.4) is 0 Å². The molecule has 2 aromatic rings. The third kappa shape index (κ3) is 5.59. The number of carbonyl (C=O) groups is 2. The Morgan fingerprint density at radius 2 is 1.76 bits per heavy atom. The van der Waals surface area contributed by atoms with Crippen LogP contribution in [0.15, 0.2) is 48.5 Å². The van der Waals surface area contributed by atoms with Gasteiger partial charge in [0.1, 0.15) is 0 Å². The second-order valence-corrected chi connectivity index (χ2v) is 5.59. The molecule has 0 heterocycles. The van der Waals surface area contributed by atoms with Crippen LogP contribution in [0.25, 0.3) is 11.1 Å². The molecule has 0 aromatic heterocycles. The quantitative estimate of drug-likeness (QED) is 0.829. The summed E-state index contributed by atoms with van der Waals surface area (Å²) in [7, 11) is 1.74. The summed E-state index contributed by atoms with van der Waals surface area (Å²) in [6.07, 6.45) is 0. The monoisotopic (exact) mass is 361 g/mol. The summed E-state index contributed by atoms with van der Waals surface area (Å²) in [5, 5.41) is 2.78. The first kappa shape index (κ1) is 20.7. The Bertz CT molecular complexity index is 717. The Balaban J connectivity index is 0.00000312. The van der Waals surface area contributed by atoms with E-state index < -0.39 is 0 Å². The fraction of sp³-hybridized carbons (Fsp3) is 0.263. The molecule has 0 spiro atoms. The summed E-state index contributed by atoms with van der Waals surface area (Å²) in [5.74, 6) is -0.161. The first-order valence-corrected chi connectivity index (χ1v) is 7.96. The SMILES string of the molecule is CCNC(=O)c1ccc(-c2cccc(CN(C)C(=O)CN)c2)cc1.Cl. The highest BCUT2D eigenvalue weighted by molar-refractivity contribution is 5.94. The Morgan fingerprint density at radius 3 is 2.36 bits per heavy atom. The molecule has 0 bridgehead atoms. The lowest BCUT2D eigenvalue weighted by Crippen LogP contribution is -2.32. The van der Waals surface area contributed by atoms with Crippen molar-refractivity contribution in [3.05, 3.63) is 59.7 Å². The zero-order valence-electron chi connectivity index (χ0n) is 14.5. The number of halogens is 1. The molecule has 0 atom stereocenters. The van der Waals surface area contributed by atoms with Crippen molar-refractivity contribution < 1.29 is 9.59 Å². The molecule has 3 N–H and O–H groups in total. The van der Waals surface area contributed by atoms with Crippen LogP contribution in [0.4, 0.5) is 0 Å². The van der Waals surface area contributed by atoms with E-state index in [9.17, 15) is 9.59 Å². The van der Waals surface area contributed by atoms with Crippen LogP contribution in [0.2, 0.25) is 0 Å². The maximum Gasteiger partial charge on any atom is 0.251 e. The molecule has 0 unspecified atom stereocenters. The molecule has 5 nitrogen and oxygen atoms in total. The number of nitrogens with one attached hydrogen (secondary N) is 1. The Labute approximate surface area is 154 Å². The number of hydrogen-bond donors (Lipinski definition) is 2. The molecule has 2 aromatic carbocycles. The third-order valence-corrected chi connectivity index (χ3v) is 3.76. The van der Waals surface area contributed by atoms with Gasteiger partial charge in [-0.2, -0.15) is 0 Å². The average molecular weight is 362 g/mol. The largest absolute Gasteiger partial charge is 0.352 e. The van der Waals surface area contributed by atoms with Gasteiger partial charge in [-0.15, -0.1) is 12.4 Å². The lowest BCUT2D eigenvalue weighted by molar-refractivity contribution is -0.128. The van der Waals surface area contributed by atoms with Crippen LogP contribution in [0.5, 0.6) is 0 Å². The maximum atomic E-state index is 11.8. The average Bonchev–Trinajstić information content (AvgIpc) is 2.61. The molecule has 0 saturated heterocycles. The third-order valence-electron chi connectivity index (χ3n) is 3.76. The van der Waals surface area contributed by atoms with Crippen molar-refractivity contribution in [2.24, 2.45) is 5.73 Å². The van der Waals surface area contributed by atoms with Gasteiger partial charge in [0.25, 0.3) is 5.91 Å². The fourth-order valence-electron chi connectivity index (χ4n) is 2.44. The van der Waals surface area contributed by atoms with E-state index in [2.05, 4.69) is 5.32 Å². The minimum absolute atomic E-state index is 0. The van der Waals surface area contributed by atoms with Crippen molar-refractivity contribution in [3.8, 4) is 11.1 Å². The number of nitrogens with two attached hydrogens (primary N) is 1. The summed E-state index contributed by atoms with van der Waals surface area (Å²) in [6, 6.07) is 15.5. The zero-order chi connectivity index (χ0) is 17.5. The molecule has 0 aliphatic rings. The predicted molar refractivity (Wildman–Crippen MR) is 103 cm³/mol. The first-order valence-electron chi connectivity index (χ1n) is 7.96. The number of benzene rings is 2. The highest BCUT2D eigenvalue weighted by atomic mass is 35.5. The van der Waals surface area contributed by atoms with Crippen LogP contribution >= 0.6 is 12.4 Å². The number of carbonyl (C=O) groups excluding carboxylic acids is 2. The normalized spacial score (nSPS) is 9.88. The van der Waals surface area contributed by atoms with E-state index in [0.717, 1.165) is 16.7 Å². The van der Waals surface area contributed by atoms with Crippen molar-refractivity contribution in [1.29, 1.82) is 0 Å². The van der Waals surface area contributed by atoms with Crippen molar-refractivity contribution >= 4 is 24.2 Å². The Hall–Kier alpha value is -2.37. The summed E-state index contributed by atoms with van der Waals surface area (Å²) in [4.78, 5) is 25.0. The van der Waals surface area contributed by atoms with Gasteiger partial charge in [0.2, 0.25) is 5.91 Å². The fourth-order valence-corrected chi connectivity index (χ4v) is 2.44. The Morgan fingerprint density at radius 1 is 1.08 bits per heavy atom. The molecule has 134 valence electrons. The van der Waals surface area contributed by atoms with Crippen LogP contribution in [-0.2, 0) is 11.3 Å². The molecule has 2 amide bonds. The van der Waals surface area contributed by atoms with Crippen molar-refractivity contribution in [3.63, 3.8) is 0 Å². The van der Waals surface area contributed by atoms with Gasteiger partial charge in [0.15, 0.2) is 0 Å². The highest BCUT2D eigenvalue weighted by Crippen LogP contribution is 2.21. The van der Waals surface area contributed by atoms with Crippen molar-refractivity contribution in [1.82, 2.24) is 10.2 Å². The summed E-state index contributed by atoms with van der Waals surface area (Å²) >= 11 is 0. The van der Waals surface area contributed by atoms with Crippen LogP contribution in [0, 0.1) is 0 Å². The summed E-state index contributed by atoms with van der Waals surface area (Å²) in [6.45, 7) is 3.03. The van der Waals surface area contributed by atoms with Gasteiger partial charge in [-0.1, -0.05) is 30.3 Å². The molecule has 0 aliphatic carbocycles. The second kappa shape index (κ2) is 9.81. The predicted octanol–water partition coefficient (Wildman–Crippen LogP) is 2.44. The van der Waals surface area contributed by atoms with Crippen LogP contribution in [-0.4, -0.2) is 36.9 Å². The maximum absolute atomic E-state index is 11.8. The van der Waals surface area contributed by atoms with Gasteiger partial charge in [0.05, 0.1) is 6.54 Å². The molecule has 0 saturated carbocycles. The van der Waals surface area contributed by atoms with Crippen LogP contribution in [0.1, 0.15) is 22.8 Å². The van der Waals surface area contributed by atoms with Gasteiger partial charge in [-0.05, 0) is 41.8 Å². The molecular formula is C19H24ClN3O2. The van der Waals surface area contributed by atoms with E-state index in [1.165, 1.54) is 0 Å². The zero-order valence-corrected chi connectivity index (χ0v) is 15.3. The first-order chi connectivity index (χ1) is 11.5. The minimum atomic E-state index is -0.0910. The van der Waals surface area contributed by atoms with E-state index in [0.29, 0.717) is 18.7 Å². The lowest BCUT2D eigenvalue weighted by atomic mass is 10.0. The highest BCUT2D eigenvalue weighted by Gasteiger charge is 2.08. The standard InChI is InChI=1S/C19H23N3O2.ClH/c1-3-21-19(24)16-9-7-15(8-10-16)17-6-4-5-14(11-17)13-22(2)18(23)12-20;/h4-11H,3,12-13,20H2,1-2H3,(H,21,24);1H. The summed E-state index contributed by atoms with van der Waals surface area (Å²) < 4.78 is 0. The van der Waals surface area contributed by atoms with Crippen LogP contribution < -0.4 is 11.1 Å². The van der Waals surface area contributed by atoms with Gasteiger partial charge >= 0.3 is 0 Å². The number of rotatable bonds is 6. The molecular weight excluding hydrogens is 338 g/mol. The van der Waals surface area contributed by atoms with Gasteiger partial charge in [-0.25, -0.2) is 0 Å². The van der Waals surface area contributed by atoms with E-state index in [4.69, 9.17) is 5.73 Å².